The van der Waals surface area contributed by atoms with Gasteiger partial charge < -0.3 is 15.2 Å². The molecule has 1 saturated heterocycles. The minimum Gasteiger partial charge on any atom is -0.441 e. The highest BCUT2D eigenvalue weighted by Gasteiger charge is 2.32. The third kappa shape index (κ3) is 3.04. The van der Waals surface area contributed by atoms with Crippen molar-refractivity contribution in [2.45, 2.75) is 44.1 Å². The van der Waals surface area contributed by atoms with Crippen LogP contribution in [0, 0.1) is 0 Å². The summed E-state index contributed by atoms with van der Waals surface area (Å²) in [5, 5.41) is 0. The number of methoxy groups -OCH3 is 1. The number of hydrogen-bond acceptors (Lipinski definition) is 4. The summed E-state index contributed by atoms with van der Waals surface area (Å²) < 4.78 is 10.3. The smallest absolute Gasteiger partial charge is 0.414 e. The van der Waals surface area contributed by atoms with Gasteiger partial charge in [0.25, 0.3) is 0 Å². The van der Waals surface area contributed by atoms with Crippen molar-refractivity contribution in [1.82, 2.24) is 0 Å². The van der Waals surface area contributed by atoms with Crippen LogP contribution in [0.1, 0.15) is 43.6 Å². The van der Waals surface area contributed by atoms with Gasteiger partial charge in [-0.2, -0.15) is 0 Å². The summed E-state index contributed by atoms with van der Waals surface area (Å²) in [6.45, 7) is 0.923. The molecule has 1 saturated carbocycles. The van der Waals surface area contributed by atoms with Gasteiger partial charge in [0, 0.05) is 18.5 Å². The van der Waals surface area contributed by atoms with Crippen LogP contribution in [0.5, 0.6) is 0 Å². The number of carbonyl (C=O) groups is 1. The molecule has 1 unspecified atom stereocenters. The van der Waals surface area contributed by atoms with Crippen LogP contribution in [0.4, 0.5) is 16.2 Å². The van der Waals surface area contributed by atoms with Crippen molar-refractivity contribution in [1.29, 1.82) is 0 Å². The lowest BCUT2D eigenvalue weighted by atomic mass is 9.83. The second-order valence-electron chi connectivity index (χ2n) is 6.22. The van der Waals surface area contributed by atoms with Gasteiger partial charge in [0.05, 0.1) is 13.2 Å². The number of benzene rings is 1. The monoisotopic (exact) mass is 304 g/mol. The van der Waals surface area contributed by atoms with Crippen LogP contribution in [0.3, 0.4) is 0 Å². The van der Waals surface area contributed by atoms with Crippen molar-refractivity contribution < 1.29 is 14.3 Å². The number of nitrogens with two attached hydrogens (primary N) is 1. The highest BCUT2D eigenvalue weighted by molar-refractivity contribution is 5.90. The second-order valence-corrected chi connectivity index (χ2v) is 6.22. The van der Waals surface area contributed by atoms with E-state index in [1.165, 1.54) is 37.7 Å². The Morgan fingerprint density at radius 2 is 2.09 bits per heavy atom. The van der Waals surface area contributed by atoms with E-state index in [2.05, 4.69) is 6.07 Å². The van der Waals surface area contributed by atoms with E-state index in [0.717, 1.165) is 11.4 Å². The van der Waals surface area contributed by atoms with Crippen molar-refractivity contribution in [3.63, 3.8) is 0 Å². The van der Waals surface area contributed by atoms with Gasteiger partial charge in [-0.1, -0.05) is 25.3 Å². The minimum atomic E-state index is -0.327. The van der Waals surface area contributed by atoms with Crippen LogP contribution >= 0.6 is 0 Å². The van der Waals surface area contributed by atoms with E-state index < -0.39 is 0 Å². The number of cyclic esters (lactones) is 1. The summed E-state index contributed by atoms with van der Waals surface area (Å²) in [5.41, 5.74) is 9.07. The van der Waals surface area contributed by atoms with Crippen LogP contribution < -0.4 is 10.6 Å². The van der Waals surface area contributed by atoms with Crippen molar-refractivity contribution in [3.05, 3.63) is 23.8 Å². The average molecular weight is 304 g/mol. The van der Waals surface area contributed by atoms with E-state index in [0.29, 0.717) is 19.1 Å². The zero-order valence-electron chi connectivity index (χ0n) is 13.1. The number of rotatable bonds is 4. The molecule has 1 amide bonds. The molecule has 120 valence electrons. The Kier molecular flexibility index (Phi) is 4.52. The first kappa shape index (κ1) is 15.2. The molecule has 2 aliphatic rings. The SMILES string of the molecule is COCC1CN(c2ccc(C3CCCCC3)c(N)c2)C(=O)O1. The molecule has 1 aromatic carbocycles. The van der Waals surface area contributed by atoms with Gasteiger partial charge in [0.2, 0.25) is 0 Å². The lowest BCUT2D eigenvalue weighted by Gasteiger charge is -2.24. The summed E-state index contributed by atoms with van der Waals surface area (Å²) in [5.74, 6) is 0.564. The standard InChI is InChI=1S/C17H24N2O3/c1-21-11-14-10-19(17(20)22-14)13-7-8-15(16(18)9-13)12-5-3-2-4-6-12/h7-9,12,14H,2-6,10-11,18H2,1H3. The Hall–Kier alpha value is -1.75. The van der Waals surface area contributed by atoms with Crippen LogP contribution in [0.2, 0.25) is 0 Å². The van der Waals surface area contributed by atoms with E-state index >= 15 is 0 Å². The van der Waals surface area contributed by atoms with Crippen molar-refractivity contribution in [3.8, 4) is 0 Å². The summed E-state index contributed by atoms with van der Waals surface area (Å²) in [4.78, 5) is 13.6. The van der Waals surface area contributed by atoms with E-state index in [9.17, 15) is 4.79 Å². The third-order valence-electron chi connectivity index (χ3n) is 4.65. The van der Waals surface area contributed by atoms with Crippen molar-refractivity contribution in [2.24, 2.45) is 0 Å². The first-order valence-corrected chi connectivity index (χ1v) is 8.05. The molecule has 0 spiro atoms. The maximum atomic E-state index is 12.0. The summed E-state index contributed by atoms with van der Waals surface area (Å²) in [6, 6.07) is 5.97. The molecule has 1 aliphatic heterocycles. The predicted molar refractivity (Wildman–Crippen MR) is 86.2 cm³/mol. The molecule has 3 rings (SSSR count). The largest absolute Gasteiger partial charge is 0.441 e. The zero-order chi connectivity index (χ0) is 15.5. The molecule has 0 radical (unpaired) electrons. The van der Waals surface area contributed by atoms with E-state index in [1.54, 1.807) is 12.0 Å². The lowest BCUT2D eigenvalue weighted by molar-refractivity contribution is 0.0718. The molecule has 2 N–H and O–H groups in total. The fraction of sp³-hybridized carbons (Fsp3) is 0.588. The highest BCUT2D eigenvalue weighted by atomic mass is 16.6. The van der Waals surface area contributed by atoms with Gasteiger partial charge in [-0.05, 0) is 36.5 Å². The van der Waals surface area contributed by atoms with Crippen LogP contribution in [-0.4, -0.2) is 32.5 Å². The second kappa shape index (κ2) is 6.57. The number of amides is 1. The van der Waals surface area contributed by atoms with Crippen LogP contribution in [0.25, 0.3) is 0 Å². The number of nitrogen functional groups attached to an aromatic ring is 1. The van der Waals surface area contributed by atoms with Gasteiger partial charge in [-0.25, -0.2) is 4.79 Å². The zero-order valence-corrected chi connectivity index (χ0v) is 13.1. The molecule has 1 aromatic rings. The van der Waals surface area contributed by atoms with Gasteiger partial charge in [0.15, 0.2) is 0 Å². The Morgan fingerprint density at radius 1 is 1.32 bits per heavy atom. The molecule has 1 heterocycles. The van der Waals surface area contributed by atoms with Crippen LogP contribution in [-0.2, 0) is 9.47 Å². The van der Waals surface area contributed by atoms with E-state index in [1.807, 2.05) is 12.1 Å². The molecule has 0 bridgehead atoms. The molecule has 2 fully saturated rings. The molecular weight excluding hydrogens is 280 g/mol. The fourth-order valence-corrected chi connectivity index (χ4v) is 3.52. The Bertz CT molecular complexity index is 541. The van der Waals surface area contributed by atoms with E-state index in [4.69, 9.17) is 15.2 Å². The normalized spacial score (nSPS) is 22.9. The molecule has 5 nitrogen and oxygen atoms in total. The first-order valence-electron chi connectivity index (χ1n) is 8.05. The quantitative estimate of drug-likeness (QED) is 0.867. The molecular formula is C17H24N2O3. The first-order chi connectivity index (χ1) is 10.7. The van der Waals surface area contributed by atoms with Crippen molar-refractivity contribution >= 4 is 17.5 Å². The lowest BCUT2D eigenvalue weighted by Crippen LogP contribution is -2.25. The summed E-state index contributed by atoms with van der Waals surface area (Å²) in [6.07, 6.45) is 5.78. The molecule has 1 aliphatic carbocycles. The highest BCUT2D eigenvalue weighted by Crippen LogP contribution is 2.37. The van der Waals surface area contributed by atoms with Gasteiger partial charge in [0.1, 0.15) is 6.10 Å². The van der Waals surface area contributed by atoms with Gasteiger partial charge >= 0.3 is 6.09 Å². The molecule has 5 heteroatoms. The number of ether oxygens (including phenoxy) is 2. The van der Waals surface area contributed by atoms with Crippen LogP contribution in [0.15, 0.2) is 18.2 Å². The maximum absolute atomic E-state index is 12.0. The molecule has 22 heavy (non-hydrogen) atoms. The van der Waals surface area contributed by atoms with Gasteiger partial charge in [-0.15, -0.1) is 0 Å². The number of nitrogens with zero attached hydrogens (tertiary/aromatic N) is 1. The summed E-state index contributed by atoms with van der Waals surface area (Å²) in [7, 11) is 1.60. The maximum Gasteiger partial charge on any atom is 0.414 e. The Morgan fingerprint density at radius 3 is 2.77 bits per heavy atom. The van der Waals surface area contributed by atoms with E-state index in [-0.39, 0.29) is 12.2 Å². The third-order valence-corrected chi connectivity index (χ3v) is 4.65. The number of carbonyl (C=O) groups excluding carboxylic acids is 1. The summed E-state index contributed by atoms with van der Waals surface area (Å²) >= 11 is 0. The Balaban J connectivity index is 1.75. The Labute approximate surface area is 131 Å². The van der Waals surface area contributed by atoms with Crippen molar-refractivity contribution in [2.75, 3.05) is 30.9 Å². The number of anilines is 2. The molecule has 1 atom stereocenters. The fourth-order valence-electron chi connectivity index (χ4n) is 3.52. The predicted octanol–water partition coefficient (Wildman–Crippen LogP) is 3.29. The topological polar surface area (TPSA) is 64.8 Å². The average Bonchev–Trinajstić information content (AvgIpc) is 2.89. The minimum absolute atomic E-state index is 0.211. The van der Waals surface area contributed by atoms with Gasteiger partial charge in [-0.3, -0.25) is 4.90 Å². The number of hydrogen-bond donors (Lipinski definition) is 1. The molecule has 0 aromatic heterocycles.